The van der Waals surface area contributed by atoms with E-state index in [2.05, 4.69) is 21.4 Å². The molecule has 2 heterocycles. The fourth-order valence-corrected chi connectivity index (χ4v) is 2.17. The van der Waals surface area contributed by atoms with Gasteiger partial charge in [-0.1, -0.05) is 0 Å². The summed E-state index contributed by atoms with van der Waals surface area (Å²) in [6, 6.07) is 8.22. The summed E-state index contributed by atoms with van der Waals surface area (Å²) in [7, 11) is 1.83. The van der Waals surface area contributed by atoms with Crippen LogP contribution in [0.1, 0.15) is 11.3 Å². The van der Waals surface area contributed by atoms with E-state index in [1.165, 1.54) is 5.56 Å². The molecule has 0 aliphatic carbocycles. The number of aromatic nitrogens is 2. The van der Waals surface area contributed by atoms with Crippen LogP contribution in [-0.2, 0) is 6.42 Å². The van der Waals surface area contributed by atoms with Gasteiger partial charge in [-0.05, 0) is 36.8 Å². The SMILES string of the molecule is CNc1nc(C)cc(-c2ccc3c(c2)CCO3)n1. The third-order valence-electron chi connectivity index (χ3n) is 3.06. The van der Waals surface area contributed by atoms with E-state index < -0.39 is 0 Å². The zero-order valence-electron chi connectivity index (χ0n) is 10.5. The molecule has 2 aromatic rings. The van der Waals surface area contributed by atoms with Gasteiger partial charge in [0.15, 0.2) is 0 Å². The Balaban J connectivity index is 2.06. The Morgan fingerprint density at radius 2 is 2.11 bits per heavy atom. The number of nitrogens with zero attached hydrogens (tertiary/aromatic N) is 2. The largest absolute Gasteiger partial charge is 0.493 e. The van der Waals surface area contributed by atoms with E-state index in [1.54, 1.807) is 0 Å². The first-order chi connectivity index (χ1) is 8.76. The Labute approximate surface area is 106 Å². The van der Waals surface area contributed by atoms with E-state index in [-0.39, 0.29) is 0 Å². The summed E-state index contributed by atoms with van der Waals surface area (Å²) in [4.78, 5) is 8.79. The molecule has 0 spiro atoms. The molecule has 1 aromatic heterocycles. The number of nitrogens with one attached hydrogen (secondary N) is 1. The van der Waals surface area contributed by atoms with Gasteiger partial charge in [-0.2, -0.15) is 0 Å². The fraction of sp³-hybridized carbons (Fsp3) is 0.286. The van der Waals surface area contributed by atoms with Gasteiger partial charge >= 0.3 is 0 Å². The molecule has 0 bridgehead atoms. The van der Waals surface area contributed by atoms with Gasteiger partial charge in [-0.25, -0.2) is 9.97 Å². The highest BCUT2D eigenvalue weighted by Gasteiger charge is 2.13. The topological polar surface area (TPSA) is 47.0 Å². The Bertz CT molecular complexity index is 596. The lowest BCUT2D eigenvalue weighted by molar-refractivity contribution is 0.357. The van der Waals surface area contributed by atoms with E-state index in [0.29, 0.717) is 5.95 Å². The van der Waals surface area contributed by atoms with Gasteiger partial charge in [0, 0.05) is 24.7 Å². The molecule has 1 aromatic carbocycles. The van der Waals surface area contributed by atoms with E-state index in [1.807, 2.05) is 32.2 Å². The normalized spacial score (nSPS) is 13.0. The van der Waals surface area contributed by atoms with E-state index in [4.69, 9.17) is 4.74 Å². The zero-order chi connectivity index (χ0) is 12.5. The van der Waals surface area contributed by atoms with Crippen LogP contribution in [-0.4, -0.2) is 23.6 Å². The maximum atomic E-state index is 5.51. The monoisotopic (exact) mass is 241 g/mol. The maximum Gasteiger partial charge on any atom is 0.223 e. The molecule has 4 nitrogen and oxygen atoms in total. The smallest absolute Gasteiger partial charge is 0.223 e. The summed E-state index contributed by atoms with van der Waals surface area (Å²) in [5.74, 6) is 1.65. The number of aryl methyl sites for hydroxylation is 1. The first kappa shape index (κ1) is 11.0. The molecule has 0 unspecified atom stereocenters. The van der Waals surface area contributed by atoms with Crippen molar-refractivity contribution in [2.45, 2.75) is 13.3 Å². The first-order valence-electron chi connectivity index (χ1n) is 6.06. The van der Waals surface area contributed by atoms with Crippen molar-refractivity contribution in [2.24, 2.45) is 0 Å². The summed E-state index contributed by atoms with van der Waals surface area (Å²) in [6.45, 7) is 2.76. The average Bonchev–Trinajstić information content (AvgIpc) is 2.85. The minimum atomic E-state index is 0.654. The summed E-state index contributed by atoms with van der Waals surface area (Å²) in [6.07, 6.45) is 0.978. The van der Waals surface area contributed by atoms with Crippen molar-refractivity contribution in [2.75, 3.05) is 19.0 Å². The number of rotatable bonds is 2. The standard InChI is InChI=1S/C14H15N3O/c1-9-7-12(17-14(15-2)16-9)10-3-4-13-11(8-10)5-6-18-13/h3-4,7-8H,5-6H2,1-2H3,(H,15,16,17). The molecule has 0 amide bonds. The van der Waals surface area contributed by atoms with Gasteiger partial charge in [-0.15, -0.1) is 0 Å². The van der Waals surface area contributed by atoms with Gasteiger partial charge in [0.05, 0.1) is 12.3 Å². The molecule has 3 rings (SSSR count). The molecule has 0 saturated heterocycles. The molecule has 1 aliphatic heterocycles. The van der Waals surface area contributed by atoms with Gasteiger partial charge in [0.1, 0.15) is 5.75 Å². The van der Waals surface area contributed by atoms with Crippen LogP contribution < -0.4 is 10.1 Å². The van der Waals surface area contributed by atoms with E-state index in [9.17, 15) is 0 Å². The molecule has 92 valence electrons. The fourth-order valence-electron chi connectivity index (χ4n) is 2.17. The Kier molecular flexibility index (Phi) is 2.63. The molecule has 0 saturated carbocycles. The van der Waals surface area contributed by atoms with Crippen molar-refractivity contribution in [3.63, 3.8) is 0 Å². The van der Waals surface area contributed by atoms with Crippen molar-refractivity contribution >= 4 is 5.95 Å². The second-order valence-corrected chi connectivity index (χ2v) is 4.39. The Morgan fingerprint density at radius 1 is 1.22 bits per heavy atom. The van der Waals surface area contributed by atoms with Crippen LogP contribution in [0.25, 0.3) is 11.3 Å². The van der Waals surface area contributed by atoms with Crippen LogP contribution in [0.2, 0.25) is 0 Å². The van der Waals surface area contributed by atoms with Crippen molar-refractivity contribution in [3.05, 3.63) is 35.5 Å². The van der Waals surface area contributed by atoms with E-state index in [0.717, 1.165) is 35.7 Å². The minimum Gasteiger partial charge on any atom is -0.493 e. The predicted octanol–water partition coefficient (Wildman–Crippen LogP) is 2.43. The van der Waals surface area contributed by atoms with Crippen LogP contribution in [0, 0.1) is 6.92 Å². The molecular weight excluding hydrogens is 226 g/mol. The molecule has 0 atom stereocenters. The number of hydrogen-bond donors (Lipinski definition) is 1. The van der Waals surface area contributed by atoms with Crippen molar-refractivity contribution < 1.29 is 4.74 Å². The van der Waals surface area contributed by atoms with Crippen LogP contribution in [0.5, 0.6) is 5.75 Å². The predicted molar refractivity (Wildman–Crippen MR) is 71.0 cm³/mol. The zero-order valence-corrected chi connectivity index (χ0v) is 10.5. The van der Waals surface area contributed by atoms with Crippen molar-refractivity contribution in [1.82, 2.24) is 9.97 Å². The molecule has 18 heavy (non-hydrogen) atoms. The molecule has 1 N–H and O–H groups in total. The summed E-state index contributed by atoms with van der Waals surface area (Å²) in [5, 5.41) is 2.98. The molecule has 0 fully saturated rings. The summed E-state index contributed by atoms with van der Waals surface area (Å²) < 4.78 is 5.51. The third-order valence-corrected chi connectivity index (χ3v) is 3.06. The highest BCUT2D eigenvalue weighted by atomic mass is 16.5. The number of benzene rings is 1. The number of fused-ring (bicyclic) bond motifs is 1. The van der Waals surface area contributed by atoms with Gasteiger partial charge in [0.25, 0.3) is 0 Å². The summed E-state index contributed by atoms with van der Waals surface area (Å²) >= 11 is 0. The average molecular weight is 241 g/mol. The van der Waals surface area contributed by atoms with Crippen LogP contribution in [0.4, 0.5) is 5.95 Å². The van der Waals surface area contributed by atoms with Crippen LogP contribution >= 0.6 is 0 Å². The molecule has 4 heteroatoms. The van der Waals surface area contributed by atoms with Gasteiger partial charge in [-0.3, -0.25) is 0 Å². The highest BCUT2D eigenvalue weighted by Crippen LogP contribution is 2.30. The first-order valence-corrected chi connectivity index (χ1v) is 6.06. The third kappa shape index (κ3) is 1.90. The van der Waals surface area contributed by atoms with Gasteiger partial charge in [0.2, 0.25) is 5.95 Å². The van der Waals surface area contributed by atoms with Crippen LogP contribution in [0.15, 0.2) is 24.3 Å². The van der Waals surface area contributed by atoms with E-state index >= 15 is 0 Å². The van der Waals surface area contributed by atoms with Crippen molar-refractivity contribution in [3.8, 4) is 17.0 Å². The molecule has 1 aliphatic rings. The second kappa shape index (κ2) is 4.29. The van der Waals surface area contributed by atoms with Crippen molar-refractivity contribution in [1.29, 1.82) is 0 Å². The number of anilines is 1. The highest BCUT2D eigenvalue weighted by molar-refractivity contribution is 5.64. The minimum absolute atomic E-state index is 0.654. The summed E-state index contributed by atoms with van der Waals surface area (Å²) in [5.41, 5.74) is 4.28. The molecular formula is C14H15N3O. The van der Waals surface area contributed by atoms with Gasteiger partial charge < -0.3 is 10.1 Å². The van der Waals surface area contributed by atoms with Crippen LogP contribution in [0.3, 0.4) is 0 Å². The Hall–Kier alpha value is -2.10. The Morgan fingerprint density at radius 3 is 2.94 bits per heavy atom. The lowest BCUT2D eigenvalue weighted by Crippen LogP contribution is -1.99. The lowest BCUT2D eigenvalue weighted by atomic mass is 10.1. The number of hydrogen-bond acceptors (Lipinski definition) is 4. The quantitative estimate of drug-likeness (QED) is 0.877. The maximum absolute atomic E-state index is 5.51. The lowest BCUT2D eigenvalue weighted by Gasteiger charge is -2.07. The number of ether oxygens (including phenoxy) is 1. The molecule has 0 radical (unpaired) electrons. The second-order valence-electron chi connectivity index (χ2n) is 4.39.